The van der Waals surface area contributed by atoms with Crippen molar-refractivity contribution in [3.8, 4) is 11.6 Å². The fourth-order valence-corrected chi connectivity index (χ4v) is 2.00. The van der Waals surface area contributed by atoms with Gasteiger partial charge in [0.2, 0.25) is 5.88 Å². The van der Waals surface area contributed by atoms with Crippen molar-refractivity contribution in [1.82, 2.24) is 4.98 Å². The van der Waals surface area contributed by atoms with Crippen LogP contribution < -0.4 is 4.74 Å². The Morgan fingerprint density at radius 3 is 2.50 bits per heavy atom. The summed E-state index contributed by atoms with van der Waals surface area (Å²) in [6.07, 6.45) is -3.35. The average molecular weight is 311 g/mol. The summed E-state index contributed by atoms with van der Waals surface area (Å²) in [6.45, 7) is 1.04. The van der Waals surface area contributed by atoms with Crippen LogP contribution in [0.2, 0.25) is 0 Å². The summed E-state index contributed by atoms with van der Waals surface area (Å²) in [4.78, 5) is 4.05. The third-order valence-corrected chi connectivity index (χ3v) is 3.04. The van der Waals surface area contributed by atoms with E-state index in [1.54, 1.807) is 12.1 Å². The number of hydrogen-bond acceptors (Lipinski definition) is 4. The van der Waals surface area contributed by atoms with Gasteiger partial charge in [-0.2, -0.15) is 13.2 Å². The van der Waals surface area contributed by atoms with E-state index in [2.05, 4.69) is 4.98 Å². The van der Waals surface area contributed by atoms with Crippen LogP contribution in [0.15, 0.2) is 42.6 Å². The highest BCUT2D eigenvalue weighted by Gasteiger charge is 2.30. The molecule has 0 amide bonds. The minimum Gasteiger partial charge on any atom is -0.439 e. The lowest BCUT2D eigenvalue weighted by Crippen LogP contribution is -2.04. The fourth-order valence-electron chi connectivity index (χ4n) is 2.00. The van der Waals surface area contributed by atoms with Gasteiger partial charge in [-0.3, -0.25) is 0 Å². The quantitative estimate of drug-likeness (QED) is 0.861. The Balaban J connectivity index is 1.73. The van der Waals surface area contributed by atoms with Gasteiger partial charge in [0.1, 0.15) is 5.75 Å². The summed E-state index contributed by atoms with van der Waals surface area (Å²) >= 11 is 0. The molecule has 0 bridgehead atoms. The van der Waals surface area contributed by atoms with Crippen LogP contribution in [-0.4, -0.2) is 18.2 Å². The maximum Gasteiger partial charge on any atom is 0.416 e. The Morgan fingerprint density at radius 2 is 1.86 bits per heavy atom. The van der Waals surface area contributed by atoms with Crippen molar-refractivity contribution in [3.05, 3.63) is 53.7 Å². The van der Waals surface area contributed by atoms with E-state index in [1.165, 1.54) is 18.3 Å². The van der Waals surface area contributed by atoms with Gasteiger partial charge in [0.05, 0.1) is 18.8 Å². The van der Waals surface area contributed by atoms with Crippen molar-refractivity contribution >= 4 is 0 Å². The second-order valence-corrected chi connectivity index (χ2v) is 4.63. The molecule has 0 radical (unpaired) electrons. The molecule has 1 aromatic heterocycles. The molecule has 2 aromatic rings. The van der Waals surface area contributed by atoms with Gasteiger partial charge in [0.25, 0.3) is 0 Å². The van der Waals surface area contributed by atoms with Crippen LogP contribution in [0.4, 0.5) is 13.2 Å². The largest absolute Gasteiger partial charge is 0.439 e. The zero-order chi connectivity index (χ0) is 15.6. The topological polar surface area (TPSA) is 40.6 Å². The summed E-state index contributed by atoms with van der Waals surface area (Å²) in [5.74, 6) is 0.268. The molecule has 1 saturated heterocycles. The van der Waals surface area contributed by atoms with E-state index < -0.39 is 18.0 Å². The van der Waals surface area contributed by atoms with E-state index >= 15 is 0 Å². The maximum atomic E-state index is 12.6. The van der Waals surface area contributed by atoms with Crippen LogP contribution >= 0.6 is 0 Å². The molecule has 4 nitrogen and oxygen atoms in total. The molecule has 1 fully saturated rings. The van der Waals surface area contributed by atoms with E-state index in [0.717, 1.165) is 17.7 Å². The van der Waals surface area contributed by atoms with E-state index in [9.17, 15) is 13.2 Å². The number of pyridine rings is 1. The second-order valence-electron chi connectivity index (χ2n) is 4.63. The summed E-state index contributed by atoms with van der Waals surface area (Å²) in [5.41, 5.74) is -0.0386. The van der Waals surface area contributed by atoms with Gasteiger partial charge in [0, 0.05) is 17.8 Å². The van der Waals surface area contributed by atoms with Crippen LogP contribution in [0.25, 0.3) is 0 Å². The van der Waals surface area contributed by atoms with Crippen molar-refractivity contribution < 1.29 is 27.4 Å². The molecule has 1 aliphatic heterocycles. The number of benzene rings is 1. The van der Waals surface area contributed by atoms with Crippen LogP contribution in [-0.2, 0) is 15.7 Å². The Bertz CT molecular complexity index is 637. The van der Waals surface area contributed by atoms with Gasteiger partial charge < -0.3 is 14.2 Å². The van der Waals surface area contributed by atoms with Crippen LogP contribution in [0.5, 0.6) is 11.6 Å². The van der Waals surface area contributed by atoms with E-state index in [0.29, 0.717) is 13.2 Å². The molecular formula is C15H12F3NO3. The molecule has 1 aromatic carbocycles. The second kappa shape index (κ2) is 5.94. The highest BCUT2D eigenvalue weighted by molar-refractivity contribution is 5.33. The average Bonchev–Trinajstić information content (AvgIpc) is 3.02. The standard InChI is InChI=1S/C15H12F3NO3/c16-15(17,18)11-2-1-3-12(8-11)22-13-5-4-10(9-19-13)14-20-6-7-21-14/h1-5,8-9,14H,6-7H2. The number of nitrogens with zero attached hydrogens (tertiary/aromatic N) is 1. The molecule has 22 heavy (non-hydrogen) atoms. The zero-order valence-electron chi connectivity index (χ0n) is 11.3. The Kier molecular flexibility index (Phi) is 4.00. The monoisotopic (exact) mass is 311 g/mol. The van der Waals surface area contributed by atoms with Gasteiger partial charge in [-0.05, 0) is 24.3 Å². The molecule has 0 spiro atoms. The van der Waals surface area contributed by atoms with Crippen LogP contribution in [0.3, 0.4) is 0 Å². The predicted molar refractivity (Wildman–Crippen MR) is 70.4 cm³/mol. The summed E-state index contributed by atoms with van der Waals surface area (Å²) in [5, 5.41) is 0. The zero-order valence-corrected chi connectivity index (χ0v) is 11.3. The van der Waals surface area contributed by atoms with Crippen molar-refractivity contribution in [2.75, 3.05) is 13.2 Å². The third kappa shape index (κ3) is 3.37. The normalized spacial score (nSPS) is 16.0. The predicted octanol–water partition coefficient (Wildman–Crippen LogP) is 3.94. The Labute approximate surface area is 124 Å². The number of hydrogen-bond donors (Lipinski definition) is 0. The minimum absolute atomic E-state index is 0.0726. The van der Waals surface area contributed by atoms with Crippen molar-refractivity contribution in [2.24, 2.45) is 0 Å². The summed E-state index contributed by atoms with van der Waals surface area (Å²) < 4.78 is 53.9. The lowest BCUT2D eigenvalue weighted by atomic mass is 10.2. The van der Waals surface area contributed by atoms with Crippen LogP contribution in [0.1, 0.15) is 17.4 Å². The minimum atomic E-state index is -4.41. The highest BCUT2D eigenvalue weighted by Crippen LogP contribution is 2.32. The number of rotatable bonds is 3. The molecule has 7 heteroatoms. The number of alkyl halides is 3. The van der Waals surface area contributed by atoms with E-state index in [4.69, 9.17) is 14.2 Å². The third-order valence-electron chi connectivity index (χ3n) is 3.04. The lowest BCUT2D eigenvalue weighted by Gasteiger charge is -2.11. The number of aromatic nitrogens is 1. The fraction of sp³-hybridized carbons (Fsp3) is 0.267. The van der Waals surface area contributed by atoms with Gasteiger partial charge in [0.15, 0.2) is 6.29 Å². The molecular weight excluding hydrogens is 299 g/mol. The first-order chi connectivity index (χ1) is 10.5. The molecule has 116 valence electrons. The van der Waals surface area contributed by atoms with Crippen molar-refractivity contribution in [1.29, 1.82) is 0 Å². The molecule has 0 unspecified atom stereocenters. The molecule has 0 N–H and O–H groups in total. The molecule has 1 aliphatic rings. The smallest absolute Gasteiger partial charge is 0.416 e. The Hall–Kier alpha value is -2.12. The first-order valence-corrected chi connectivity index (χ1v) is 6.57. The molecule has 0 atom stereocenters. The molecule has 3 rings (SSSR count). The van der Waals surface area contributed by atoms with Crippen molar-refractivity contribution in [2.45, 2.75) is 12.5 Å². The number of ether oxygens (including phenoxy) is 3. The van der Waals surface area contributed by atoms with Gasteiger partial charge in [-0.1, -0.05) is 6.07 Å². The highest BCUT2D eigenvalue weighted by atomic mass is 19.4. The SMILES string of the molecule is FC(F)(F)c1cccc(Oc2ccc(C3OCCO3)cn2)c1. The summed E-state index contributed by atoms with van der Waals surface area (Å²) in [6, 6.07) is 7.89. The van der Waals surface area contributed by atoms with Crippen molar-refractivity contribution in [3.63, 3.8) is 0 Å². The first-order valence-electron chi connectivity index (χ1n) is 6.57. The lowest BCUT2D eigenvalue weighted by molar-refractivity contribution is -0.137. The Morgan fingerprint density at radius 1 is 1.09 bits per heavy atom. The van der Waals surface area contributed by atoms with E-state index in [-0.39, 0.29) is 11.6 Å². The van der Waals surface area contributed by atoms with Crippen LogP contribution in [0, 0.1) is 0 Å². The number of halogens is 3. The molecule has 0 aliphatic carbocycles. The van der Waals surface area contributed by atoms with Gasteiger partial charge in [-0.15, -0.1) is 0 Å². The molecule has 0 saturated carbocycles. The van der Waals surface area contributed by atoms with Gasteiger partial charge in [-0.25, -0.2) is 4.98 Å². The maximum absolute atomic E-state index is 12.6. The first kappa shape index (κ1) is 14.8. The van der Waals surface area contributed by atoms with E-state index in [1.807, 2.05) is 0 Å². The summed E-state index contributed by atoms with van der Waals surface area (Å²) in [7, 11) is 0. The molecule has 2 heterocycles. The van der Waals surface area contributed by atoms with Gasteiger partial charge >= 0.3 is 6.18 Å².